The first kappa shape index (κ1) is 11.2. The molecule has 0 saturated heterocycles. The van der Waals surface area contributed by atoms with Gasteiger partial charge in [0.25, 0.3) is 0 Å². The molecule has 0 saturated carbocycles. The monoisotopic (exact) mass is 194 g/mol. The molecule has 0 aliphatic carbocycles. The van der Waals surface area contributed by atoms with Crippen molar-refractivity contribution in [3.63, 3.8) is 0 Å². The standard InChI is InChI=1S/C12H18O2/c1-9(2)10-6-5-7-11(8-10)12(13-3)14-4/h5-9,12H,1-4H3. The van der Waals surface area contributed by atoms with Crippen molar-refractivity contribution in [2.75, 3.05) is 14.2 Å². The molecule has 2 nitrogen and oxygen atoms in total. The zero-order valence-electron chi connectivity index (χ0n) is 9.28. The highest BCUT2D eigenvalue weighted by atomic mass is 16.7. The van der Waals surface area contributed by atoms with Crippen LogP contribution in [-0.2, 0) is 9.47 Å². The number of ether oxygens (including phenoxy) is 2. The normalized spacial score (nSPS) is 11.3. The van der Waals surface area contributed by atoms with Crippen molar-refractivity contribution in [1.82, 2.24) is 0 Å². The summed E-state index contributed by atoms with van der Waals surface area (Å²) in [7, 11) is 3.30. The van der Waals surface area contributed by atoms with Crippen LogP contribution in [0.4, 0.5) is 0 Å². The second-order valence-electron chi connectivity index (χ2n) is 3.63. The minimum Gasteiger partial charge on any atom is -0.352 e. The number of hydrogen-bond donors (Lipinski definition) is 0. The van der Waals surface area contributed by atoms with Crippen LogP contribution in [0.1, 0.15) is 37.2 Å². The Morgan fingerprint density at radius 1 is 1.00 bits per heavy atom. The maximum Gasteiger partial charge on any atom is 0.183 e. The quantitative estimate of drug-likeness (QED) is 0.686. The summed E-state index contributed by atoms with van der Waals surface area (Å²) in [5, 5.41) is 0. The van der Waals surface area contributed by atoms with Gasteiger partial charge in [-0.2, -0.15) is 0 Å². The van der Waals surface area contributed by atoms with Crippen LogP contribution in [0.2, 0.25) is 0 Å². The second kappa shape index (κ2) is 5.13. The Kier molecular flexibility index (Phi) is 4.11. The van der Waals surface area contributed by atoms with E-state index in [0.29, 0.717) is 5.92 Å². The first-order valence-electron chi connectivity index (χ1n) is 4.84. The minimum absolute atomic E-state index is 0.256. The largest absolute Gasteiger partial charge is 0.352 e. The fraction of sp³-hybridized carbons (Fsp3) is 0.500. The highest BCUT2D eigenvalue weighted by Crippen LogP contribution is 2.22. The maximum atomic E-state index is 5.20. The zero-order chi connectivity index (χ0) is 10.6. The van der Waals surface area contributed by atoms with E-state index in [2.05, 4.69) is 26.0 Å². The zero-order valence-corrected chi connectivity index (χ0v) is 9.28. The van der Waals surface area contributed by atoms with Gasteiger partial charge >= 0.3 is 0 Å². The van der Waals surface area contributed by atoms with Crippen molar-refractivity contribution < 1.29 is 9.47 Å². The highest BCUT2D eigenvalue weighted by Gasteiger charge is 2.09. The maximum absolute atomic E-state index is 5.20. The lowest BCUT2D eigenvalue weighted by Crippen LogP contribution is -2.04. The minimum atomic E-state index is -0.256. The molecule has 14 heavy (non-hydrogen) atoms. The van der Waals surface area contributed by atoms with Crippen molar-refractivity contribution in [2.45, 2.75) is 26.1 Å². The lowest BCUT2D eigenvalue weighted by molar-refractivity contribution is -0.106. The summed E-state index contributed by atoms with van der Waals surface area (Å²) in [5.74, 6) is 0.532. The van der Waals surface area contributed by atoms with Gasteiger partial charge in [0.2, 0.25) is 0 Å². The summed E-state index contributed by atoms with van der Waals surface area (Å²) >= 11 is 0. The lowest BCUT2D eigenvalue weighted by atomic mass is 10.0. The van der Waals surface area contributed by atoms with Crippen molar-refractivity contribution in [3.05, 3.63) is 35.4 Å². The number of hydrogen-bond acceptors (Lipinski definition) is 2. The van der Waals surface area contributed by atoms with Crippen LogP contribution in [0.5, 0.6) is 0 Å². The lowest BCUT2D eigenvalue weighted by Gasteiger charge is -2.15. The fourth-order valence-corrected chi connectivity index (χ4v) is 1.43. The molecule has 0 N–H and O–H groups in total. The van der Waals surface area contributed by atoms with Crippen LogP contribution >= 0.6 is 0 Å². The van der Waals surface area contributed by atoms with Crippen molar-refractivity contribution in [3.8, 4) is 0 Å². The summed E-state index contributed by atoms with van der Waals surface area (Å²) in [6, 6.07) is 8.30. The molecule has 0 bridgehead atoms. The molecule has 0 radical (unpaired) electrons. The van der Waals surface area contributed by atoms with E-state index in [-0.39, 0.29) is 6.29 Å². The van der Waals surface area contributed by atoms with Crippen molar-refractivity contribution >= 4 is 0 Å². The Labute approximate surface area is 85.8 Å². The first-order chi connectivity index (χ1) is 6.69. The third kappa shape index (κ3) is 2.56. The van der Waals surface area contributed by atoms with Crippen LogP contribution < -0.4 is 0 Å². The van der Waals surface area contributed by atoms with E-state index < -0.39 is 0 Å². The van der Waals surface area contributed by atoms with Gasteiger partial charge in [0, 0.05) is 19.8 Å². The molecule has 0 fully saturated rings. The Morgan fingerprint density at radius 3 is 2.07 bits per heavy atom. The van der Waals surface area contributed by atoms with Gasteiger partial charge in [-0.3, -0.25) is 0 Å². The van der Waals surface area contributed by atoms with E-state index >= 15 is 0 Å². The Morgan fingerprint density at radius 2 is 1.57 bits per heavy atom. The Balaban J connectivity index is 2.92. The van der Waals surface area contributed by atoms with Crippen LogP contribution in [-0.4, -0.2) is 14.2 Å². The summed E-state index contributed by atoms with van der Waals surface area (Å²) in [4.78, 5) is 0. The molecule has 0 unspecified atom stereocenters. The Bertz CT molecular complexity index is 277. The molecule has 0 aliphatic heterocycles. The smallest absolute Gasteiger partial charge is 0.183 e. The van der Waals surface area contributed by atoms with Gasteiger partial charge in [-0.25, -0.2) is 0 Å². The van der Waals surface area contributed by atoms with Crippen molar-refractivity contribution in [2.24, 2.45) is 0 Å². The van der Waals surface area contributed by atoms with Crippen LogP contribution in [0.3, 0.4) is 0 Å². The molecule has 0 heterocycles. The van der Waals surface area contributed by atoms with Crippen LogP contribution in [0, 0.1) is 0 Å². The topological polar surface area (TPSA) is 18.5 Å². The van der Waals surface area contributed by atoms with Crippen LogP contribution in [0.15, 0.2) is 24.3 Å². The molecule has 1 rings (SSSR count). The molecular formula is C12H18O2. The summed E-state index contributed by atoms with van der Waals surface area (Å²) in [6.07, 6.45) is -0.256. The second-order valence-corrected chi connectivity index (χ2v) is 3.63. The summed E-state index contributed by atoms with van der Waals surface area (Å²) < 4.78 is 10.4. The Hall–Kier alpha value is -0.860. The van der Waals surface area contributed by atoms with Gasteiger partial charge in [-0.05, 0) is 11.5 Å². The molecule has 0 atom stereocenters. The van der Waals surface area contributed by atoms with E-state index in [4.69, 9.17) is 9.47 Å². The van der Waals surface area contributed by atoms with Gasteiger partial charge in [0.05, 0.1) is 0 Å². The number of methoxy groups -OCH3 is 2. The van der Waals surface area contributed by atoms with E-state index in [1.54, 1.807) is 14.2 Å². The van der Waals surface area contributed by atoms with Crippen molar-refractivity contribution in [1.29, 1.82) is 0 Å². The molecule has 2 heteroatoms. The van der Waals surface area contributed by atoms with Gasteiger partial charge < -0.3 is 9.47 Å². The molecular weight excluding hydrogens is 176 g/mol. The molecule has 0 aromatic heterocycles. The number of benzene rings is 1. The summed E-state index contributed by atoms with van der Waals surface area (Å²) in [6.45, 7) is 4.35. The third-order valence-electron chi connectivity index (χ3n) is 2.28. The number of rotatable bonds is 4. The fourth-order valence-electron chi connectivity index (χ4n) is 1.43. The molecule has 0 amide bonds. The molecule has 0 aliphatic rings. The predicted molar refractivity (Wildman–Crippen MR) is 57.3 cm³/mol. The van der Waals surface area contributed by atoms with Crippen LogP contribution in [0.25, 0.3) is 0 Å². The van der Waals surface area contributed by atoms with Gasteiger partial charge in [-0.1, -0.05) is 38.1 Å². The molecule has 1 aromatic rings. The van der Waals surface area contributed by atoms with E-state index in [1.165, 1.54) is 5.56 Å². The van der Waals surface area contributed by atoms with E-state index in [0.717, 1.165) is 5.56 Å². The average Bonchev–Trinajstić information content (AvgIpc) is 2.20. The van der Waals surface area contributed by atoms with Gasteiger partial charge in [0.1, 0.15) is 0 Å². The van der Waals surface area contributed by atoms with Gasteiger partial charge in [0.15, 0.2) is 6.29 Å². The third-order valence-corrected chi connectivity index (χ3v) is 2.28. The predicted octanol–water partition coefficient (Wildman–Crippen LogP) is 3.10. The molecule has 1 aromatic carbocycles. The SMILES string of the molecule is COC(OC)c1cccc(C(C)C)c1. The molecule has 78 valence electrons. The van der Waals surface area contributed by atoms with Gasteiger partial charge in [-0.15, -0.1) is 0 Å². The molecule has 0 spiro atoms. The summed E-state index contributed by atoms with van der Waals surface area (Å²) in [5.41, 5.74) is 2.38. The average molecular weight is 194 g/mol. The van der Waals surface area contributed by atoms with E-state index in [1.807, 2.05) is 12.1 Å². The highest BCUT2D eigenvalue weighted by molar-refractivity contribution is 5.26. The van der Waals surface area contributed by atoms with E-state index in [9.17, 15) is 0 Å². The first-order valence-corrected chi connectivity index (χ1v) is 4.84.